The summed E-state index contributed by atoms with van der Waals surface area (Å²) in [5.41, 5.74) is 0.232. The molecule has 122 valence electrons. The second-order valence-corrected chi connectivity index (χ2v) is 4.79. The van der Waals surface area contributed by atoms with Gasteiger partial charge in [0.25, 0.3) is 0 Å². The Bertz CT molecular complexity index is 650. The molecule has 0 aromatic heterocycles. The predicted molar refractivity (Wildman–Crippen MR) is 86.3 cm³/mol. The zero-order valence-corrected chi connectivity index (χ0v) is 12.8. The van der Waals surface area contributed by atoms with Gasteiger partial charge in [-0.05, 0) is 31.2 Å². The third-order valence-corrected chi connectivity index (χ3v) is 3.19. The number of hydrogen-bond donors (Lipinski definition) is 2. The van der Waals surface area contributed by atoms with E-state index >= 15 is 0 Å². The van der Waals surface area contributed by atoms with Gasteiger partial charge in [0, 0.05) is 19.2 Å². The molecule has 0 unspecified atom stereocenters. The van der Waals surface area contributed by atoms with Gasteiger partial charge in [-0.25, -0.2) is 9.18 Å². The van der Waals surface area contributed by atoms with Crippen molar-refractivity contribution in [3.63, 3.8) is 0 Å². The molecule has 5 nitrogen and oxygen atoms in total. The van der Waals surface area contributed by atoms with Gasteiger partial charge in [-0.1, -0.05) is 18.2 Å². The van der Waals surface area contributed by atoms with E-state index in [2.05, 4.69) is 5.32 Å². The molecule has 0 heterocycles. The van der Waals surface area contributed by atoms with Crippen LogP contribution >= 0.6 is 0 Å². The van der Waals surface area contributed by atoms with Crippen molar-refractivity contribution < 1.29 is 19.0 Å². The number of aliphatic hydroxyl groups is 1. The first-order valence-electron chi connectivity index (χ1n) is 7.33. The number of halogens is 1. The number of ether oxygens (including phenoxy) is 1. The van der Waals surface area contributed by atoms with Gasteiger partial charge < -0.3 is 20.1 Å². The summed E-state index contributed by atoms with van der Waals surface area (Å²) in [7, 11) is 0. The summed E-state index contributed by atoms with van der Waals surface area (Å²) < 4.78 is 19.2. The van der Waals surface area contributed by atoms with Crippen LogP contribution in [0.2, 0.25) is 0 Å². The summed E-state index contributed by atoms with van der Waals surface area (Å²) in [6.07, 6.45) is 0. The molecule has 0 fully saturated rings. The molecule has 0 saturated heterocycles. The number of carbonyl (C=O) groups excluding carboxylic acids is 1. The van der Waals surface area contributed by atoms with Crippen LogP contribution in [-0.2, 0) is 0 Å². The lowest BCUT2D eigenvalue weighted by atomic mass is 10.2. The van der Waals surface area contributed by atoms with Gasteiger partial charge in [0.15, 0.2) is 5.75 Å². The van der Waals surface area contributed by atoms with Crippen molar-refractivity contribution in [3.8, 4) is 11.5 Å². The van der Waals surface area contributed by atoms with Crippen molar-refractivity contribution in [2.75, 3.05) is 25.0 Å². The summed E-state index contributed by atoms with van der Waals surface area (Å²) in [5.74, 6) is 0.439. The Morgan fingerprint density at radius 3 is 2.65 bits per heavy atom. The summed E-state index contributed by atoms with van der Waals surface area (Å²) >= 11 is 0. The molecule has 0 bridgehead atoms. The molecule has 0 aliphatic heterocycles. The number of rotatable bonds is 6. The Labute approximate surface area is 134 Å². The highest BCUT2D eigenvalue weighted by Crippen LogP contribution is 2.30. The first kappa shape index (κ1) is 16.8. The number of amides is 2. The molecule has 2 N–H and O–H groups in total. The Hall–Kier alpha value is -2.60. The van der Waals surface area contributed by atoms with E-state index in [1.807, 2.05) is 18.2 Å². The minimum Gasteiger partial charge on any atom is -0.455 e. The number of benzene rings is 2. The minimum atomic E-state index is -0.481. The number of anilines is 1. The first-order chi connectivity index (χ1) is 11.1. The van der Waals surface area contributed by atoms with E-state index in [-0.39, 0.29) is 18.8 Å². The number of urea groups is 1. The summed E-state index contributed by atoms with van der Waals surface area (Å²) in [6.45, 7) is 2.28. The maximum Gasteiger partial charge on any atom is 0.322 e. The standard InChI is InChI=1S/C17H19FN2O3/c1-2-20(10-11-21)17(22)19-15-12-13(18)8-9-16(15)23-14-6-4-3-5-7-14/h3-9,12,21H,2,10-11H2,1H3,(H,19,22). The quantitative estimate of drug-likeness (QED) is 0.857. The topological polar surface area (TPSA) is 61.8 Å². The van der Waals surface area contributed by atoms with Crippen molar-refractivity contribution in [3.05, 3.63) is 54.3 Å². The fourth-order valence-electron chi connectivity index (χ4n) is 2.02. The van der Waals surface area contributed by atoms with Gasteiger partial charge in [0.05, 0.1) is 12.3 Å². The average Bonchev–Trinajstić information content (AvgIpc) is 2.56. The smallest absolute Gasteiger partial charge is 0.322 e. The molecule has 2 aromatic rings. The Morgan fingerprint density at radius 2 is 2.00 bits per heavy atom. The van der Waals surface area contributed by atoms with Crippen LogP contribution in [0.25, 0.3) is 0 Å². The molecule has 0 saturated carbocycles. The number of carbonyl (C=O) groups is 1. The number of nitrogens with one attached hydrogen (secondary N) is 1. The molecule has 6 heteroatoms. The van der Waals surface area contributed by atoms with E-state index in [1.165, 1.54) is 23.1 Å². The molecule has 0 aliphatic carbocycles. The molecule has 0 radical (unpaired) electrons. The van der Waals surface area contributed by atoms with Crippen molar-refractivity contribution in [1.29, 1.82) is 0 Å². The number of para-hydroxylation sites is 1. The number of likely N-dealkylation sites (N-methyl/N-ethyl adjacent to an activating group) is 1. The zero-order chi connectivity index (χ0) is 16.7. The molecular weight excluding hydrogens is 299 g/mol. The molecule has 23 heavy (non-hydrogen) atoms. The fourth-order valence-corrected chi connectivity index (χ4v) is 2.02. The van der Waals surface area contributed by atoms with Crippen LogP contribution < -0.4 is 10.1 Å². The maximum absolute atomic E-state index is 13.5. The van der Waals surface area contributed by atoms with Gasteiger partial charge >= 0.3 is 6.03 Å². The summed E-state index contributed by atoms with van der Waals surface area (Å²) in [6, 6.07) is 12.5. The lowest BCUT2D eigenvalue weighted by molar-refractivity contribution is 0.192. The molecule has 2 rings (SSSR count). The number of aliphatic hydroxyl groups excluding tert-OH is 1. The summed E-state index contributed by atoms with van der Waals surface area (Å²) in [4.78, 5) is 13.6. The van der Waals surface area contributed by atoms with E-state index in [0.29, 0.717) is 18.0 Å². The molecule has 0 atom stereocenters. The van der Waals surface area contributed by atoms with Gasteiger partial charge in [0.2, 0.25) is 0 Å². The normalized spacial score (nSPS) is 10.2. The SMILES string of the molecule is CCN(CCO)C(=O)Nc1cc(F)ccc1Oc1ccccc1. The first-order valence-corrected chi connectivity index (χ1v) is 7.33. The highest BCUT2D eigenvalue weighted by Gasteiger charge is 2.15. The summed E-state index contributed by atoms with van der Waals surface area (Å²) in [5, 5.41) is 11.6. The Morgan fingerprint density at radius 1 is 1.26 bits per heavy atom. The Kier molecular flexibility index (Phi) is 5.94. The van der Waals surface area contributed by atoms with E-state index in [9.17, 15) is 9.18 Å². The molecule has 0 aliphatic rings. The van der Waals surface area contributed by atoms with E-state index in [0.717, 1.165) is 0 Å². The van der Waals surface area contributed by atoms with Crippen molar-refractivity contribution >= 4 is 11.7 Å². The zero-order valence-electron chi connectivity index (χ0n) is 12.8. The van der Waals surface area contributed by atoms with Gasteiger partial charge in [-0.2, -0.15) is 0 Å². The van der Waals surface area contributed by atoms with Crippen LogP contribution in [0.1, 0.15) is 6.92 Å². The largest absolute Gasteiger partial charge is 0.455 e. The number of hydrogen-bond acceptors (Lipinski definition) is 3. The molecule has 2 amide bonds. The van der Waals surface area contributed by atoms with Crippen LogP contribution in [0.5, 0.6) is 11.5 Å². The third-order valence-electron chi connectivity index (χ3n) is 3.19. The van der Waals surface area contributed by atoms with Crippen LogP contribution in [0.4, 0.5) is 14.9 Å². The van der Waals surface area contributed by atoms with Gasteiger partial charge in [0.1, 0.15) is 11.6 Å². The Balaban J connectivity index is 2.20. The van der Waals surface area contributed by atoms with E-state index < -0.39 is 11.8 Å². The van der Waals surface area contributed by atoms with Gasteiger partial charge in [-0.3, -0.25) is 0 Å². The van der Waals surface area contributed by atoms with Crippen LogP contribution in [0.15, 0.2) is 48.5 Å². The van der Waals surface area contributed by atoms with Crippen LogP contribution in [0.3, 0.4) is 0 Å². The lowest BCUT2D eigenvalue weighted by Crippen LogP contribution is -2.36. The highest BCUT2D eigenvalue weighted by atomic mass is 19.1. The highest BCUT2D eigenvalue weighted by molar-refractivity contribution is 5.91. The minimum absolute atomic E-state index is 0.141. The number of nitrogens with zero attached hydrogens (tertiary/aromatic N) is 1. The second-order valence-electron chi connectivity index (χ2n) is 4.79. The average molecular weight is 318 g/mol. The lowest BCUT2D eigenvalue weighted by Gasteiger charge is -2.21. The van der Waals surface area contributed by atoms with Gasteiger partial charge in [-0.15, -0.1) is 0 Å². The monoisotopic (exact) mass is 318 g/mol. The fraction of sp³-hybridized carbons (Fsp3) is 0.235. The maximum atomic E-state index is 13.5. The predicted octanol–water partition coefficient (Wildman–Crippen LogP) is 3.46. The van der Waals surface area contributed by atoms with Crippen LogP contribution in [-0.4, -0.2) is 35.7 Å². The molecule has 0 spiro atoms. The second kappa shape index (κ2) is 8.14. The van der Waals surface area contributed by atoms with Crippen LogP contribution in [0, 0.1) is 5.82 Å². The molecule has 2 aromatic carbocycles. The third kappa shape index (κ3) is 4.69. The molecular formula is C17H19FN2O3. The van der Waals surface area contributed by atoms with Crippen molar-refractivity contribution in [2.45, 2.75) is 6.92 Å². The van der Waals surface area contributed by atoms with E-state index in [4.69, 9.17) is 9.84 Å². The van der Waals surface area contributed by atoms with Crippen molar-refractivity contribution in [1.82, 2.24) is 4.90 Å². The van der Waals surface area contributed by atoms with E-state index in [1.54, 1.807) is 19.1 Å². The van der Waals surface area contributed by atoms with Crippen molar-refractivity contribution in [2.24, 2.45) is 0 Å².